The molecule has 0 bridgehead atoms. The SMILES string of the molecule is Cc1nnc(-c2ncc(F)cc2Br)o1. The van der Waals surface area contributed by atoms with E-state index in [1.807, 2.05) is 0 Å². The Kier molecular flexibility index (Phi) is 2.28. The lowest BCUT2D eigenvalue weighted by molar-refractivity contribution is 0.530. The van der Waals surface area contributed by atoms with Gasteiger partial charge in [0.25, 0.3) is 5.89 Å². The van der Waals surface area contributed by atoms with Crippen molar-refractivity contribution in [3.8, 4) is 11.6 Å². The fraction of sp³-hybridized carbons (Fsp3) is 0.125. The van der Waals surface area contributed by atoms with Crippen LogP contribution >= 0.6 is 15.9 Å². The standard InChI is InChI=1S/C8H5BrFN3O/c1-4-12-13-8(14-4)7-6(9)2-5(10)3-11-7/h2-3H,1H3. The van der Waals surface area contributed by atoms with Crippen molar-refractivity contribution in [2.24, 2.45) is 0 Å². The van der Waals surface area contributed by atoms with Gasteiger partial charge in [0.1, 0.15) is 11.5 Å². The van der Waals surface area contributed by atoms with Crippen molar-refractivity contribution in [1.82, 2.24) is 15.2 Å². The summed E-state index contributed by atoms with van der Waals surface area (Å²) in [5, 5.41) is 7.43. The highest BCUT2D eigenvalue weighted by Gasteiger charge is 2.11. The molecular formula is C8H5BrFN3O. The van der Waals surface area contributed by atoms with E-state index in [2.05, 4.69) is 31.1 Å². The van der Waals surface area contributed by atoms with Crippen LogP contribution < -0.4 is 0 Å². The van der Waals surface area contributed by atoms with E-state index in [4.69, 9.17) is 4.42 Å². The zero-order valence-electron chi connectivity index (χ0n) is 7.16. The predicted octanol–water partition coefficient (Wildman–Crippen LogP) is 2.34. The Labute approximate surface area is 87.3 Å². The molecule has 0 saturated heterocycles. The maximum absolute atomic E-state index is 12.7. The summed E-state index contributed by atoms with van der Waals surface area (Å²) in [6.07, 6.45) is 1.10. The molecule has 0 radical (unpaired) electrons. The van der Waals surface area contributed by atoms with Crippen LogP contribution in [0.3, 0.4) is 0 Å². The molecule has 0 aromatic carbocycles. The molecule has 72 valence electrons. The Morgan fingerprint density at radius 3 is 2.79 bits per heavy atom. The van der Waals surface area contributed by atoms with Crippen LogP contribution in [0.25, 0.3) is 11.6 Å². The van der Waals surface area contributed by atoms with Crippen LogP contribution in [0.2, 0.25) is 0 Å². The predicted molar refractivity (Wildman–Crippen MR) is 49.9 cm³/mol. The number of pyridine rings is 1. The van der Waals surface area contributed by atoms with Gasteiger partial charge in [-0.25, -0.2) is 9.37 Å². The number of hydrogen-bond acceptors (Lipinski definition) is 4. The third-order valence-corrected chi connectivity index (χ3v) is 2.14. The first kappa shape index (κ1) is 9.26. The van der Waals surface area contributed by atoms with Gasteiger partial charge in [-0.3, -0.25) is 0 Å². The number of aryl methyl sites for hydroxylation is 1. The minimum Gasteiger partial charge on any atom is -0.420 e. The van der Waals surface area contributed by atoms with Crippen LogP contribution in [-0.2, 0) is 0 Å². The second-order valence-corrected chi connectivity index (χ2v) is 3.46. The fourth-order valence-electron chi connectivity index (χ4n) is 0.964. The summed E-state index contributed by atoms with van der Waals surface area (Å²) in [5.41, 5.74) is 0.437. The van der Waals surface area contributed by atoms with Gasteiger partial charge in [-0.1, -0.05) is 0 Å². The van der Waals surface area contributed by atoms with Crippen molar-refractivity contribution in [3.63, 3.8) is 0 Å². The van der Waals surface area contributed by atoms with E-state index < -0.39 is 5.82 Å². The first-order valence-corrected chi connectivity index (χ1v) is 4.57. The van der Waals surface area contributed by atoms with E-state index in [1.165, 1.54) is 6.07 Å². The van der Waals surface area contributed by atoms with E-state index in [0.29, 0.717) is 16.1 Å². The molecule has 2 aromatic heterocycles. The Bertz CT molecular complexity index is 471. The molecule has 0 spiro atoms. The number of nitrogens with zero attached hydrogens (tertiary/aromatic N) is 3. The van der Waals surface area contributed by atoms with E-state index >= 15 is 0 Å². The summed E-state index contributed by atoms with van der Waals surface area (Å²) >= 11 is 3.16. The molecule has 0 aliphatic heterocycles. The normalized spacial score (nSPS) is 10.5. The van der Waals surface area contributed by atoms with Crippen molar-refractivity contribution in [3.05, 3.63) is 28.4 Å². The summed E-state index contributed by atoms with van der Waals surface area (Å²) in [6.45, 7) is 1.67. The lowest BCUT2D eigenvalue weighted by Gasteiger charge is -1.96. The molecule has 6 heteroatoms. The third-order valence-electron chi connectivity index (χ3n) is 1.54. The molecule has 2 aromatic rings. The smallest absolute Gasteiger partial charge is 0.267 e. The Hall–Kier alpha value is -1.30. The maximum Gasteiger partial charge on any atom is 0.267 e. The van der Waals surface area contributed by atoms with Crippen molar-refractivity contribution in [2.45, 2.75) is 6.92 Å². The quantitative estimate of drug-likeness (QED) is 0.787. The highest BCUT2D eigenvalue weighted by Crippen LogP contribution is 2.24. The van der Waals surface area contributed by atoms with Crippen LogP contribution in [-0.4, -0.2) is 15.2 Å². The number of aromatic nitrogens is 3. The van der Waals surface area contributed by atoms with Gasteiger partial charge >= 0.3 is 0 Å². The topological polar surface area (TPSA) is 51.8 Å². The van der Waals surface area contributed by atoms with Gasteiger partial charge in [-0.15, -0.1) is 10.2 Å². The Morgan fingerprint density at radius 2 is 2.21 bits per heavy atom. The fourth-order valence-corrected chi connectivity index (χ4v) is 1.45. The minimum atomic E-state index is -0.420. The second-order valence-electron chi connectivity index (χ2n) is 2.61. The molecule has 0 unspecified atom stereocenters. The van der Waals surface area contributed by atoms with E-state index in [-0.39, 0.29) is 5.89 Å². The summed E-state index contributed by atoms with van der Waals surface area (Å²) < 4.78 is 18.3. The van der Waals surface area contributed by atoms with Gasteiger partial charge < -0.3 is 4.42 Å². The molecule has 0 atom stereocenters. The van der Waals surface area contributed by atoms with E-state index in [9.17, 15) is 4.39 Å². The van der Waals surface area contributed by atoms with Gasteiger partial charge in [0.05, 0.1) is 10.7 Å². The van der Waals surface area contributed by atoms with Crippen LogP contribution in [0.4, 0.5) is 4.39 Å². The van der Waals surface area contributed by atoms with Crippen LogP contribution in [0, 0.1) is 12.7 Å². The molecule has 0 amide bonds. The molecule has 0 saturated carbocycles. The summed E-state index contributed by atoms with van der Waals surface area (Å²) in [6, 6.07) is 1.29. The lowest BCUT2D eigenvalue weighted by Crippen LogP contribution is -1.87. The van der Waals surface area contributed by atoms with Crippen LogP contribution in [0.5, 0.6) is 0 Å². The van der Waals surface area contributed by atoms with Crippen LogP contribution in [0.15, 0.2) is 21.2 Å². The molecule has 0 fully saturated rings. The Morgan fingerprint density at radius 1 is 1.43 bits per heavy atom. The number of rotatable bonds is 1. The van der Waals surface area contributed by atoms with Crippen molar-refractivity contribution < 1.29 is 8.81 Å². The first-order valence-electron chi connectivity index (χ1n) is 3.78. The molecule has 14 heavy (non-hydrogen) atoms. The zero-order valence-corrected chi connectivity index (χ0v) is 8.75. The highest BCUT2D eigenvalue weighted by atomic mass is 79.9. The van der Waals surface area contributed by atoms with Gasteiger partial charge in [-0.05, 0) is 22.0 Å². The average molecular weight is 258 g/mol. The second kappa shape index (κ2) is 3.45. The van der Waals surface area contributed by atoms with Crippen molar-refractivity contribution in [2.75, 3.05) is 0 Å². The molecular weight excluding hydrogens is 253 g/mol. The molecule has 0 aliphatic carbocycles. The first-order chi connectivity index (χ1) is 6.66. The molecule has 4 nitrogen and oxygen atoms in total. The van der Waals surface area contributed by atoms with Crippen molar-refractivity contribution >= 4 is 15.9 Å². The largest absolute Gasteiger partial charge is 0.420 e. The van der Waals surface area contributed by atoms with Crippen LogP contribution in [0.1, 0.15) is 5.89 Å². The summed E-state index contributed by atoms with van der Waals surface area (Å²) in [4.78, 5) is 3.84. The number of hydrogen-bond donors (Lipinski definition) is 0. The Balaban J connectivity index is 2.52. The summed E-state index contributed by atoms with van der Waals surface area (Å²) in [7, 11) is 0. The number of halogens is 2. The average Bonchev–Trinajstić information content (AvgIpc) is 2.51. The summed E-state index contributed by atoms with van der Waals surface area (Å²) in [5.74, 6) is 0.296. The van der Waals surface area contributed by atoms with E-state index in [1.54, 1.807) is 6.92 Å². The van der Waals surface area contributed by atoms with E-state index in [0.717, 1.165) is 6.20 Å². The molecule has 0 aliphatic rings. The molecule has 0 N–H and O–H groups in total. The molecule has 2 rings (SSSR count). The minimum absolute atomic E-state index is 0.273. The zero-order chi connectivity index (χ0) is 10.1. The lowest BCUT2D eigenvalue weighted by atomic mass is 10.3. The third kappa shape index (κ3) is 1.65. The van der Waals surface area contributed by atoms with Gasteiger partial charge in [-0.2, -0.15) is 0 Å². The van der Waals surface area contributed by atoms with Gasteiger partial charge in [0, 0.05) is 6.92 Å². The highest BCUT2D eigenvalue weighted by molar-refractivity contribution is 9.10. The van der Waals surface area contributed by atoms with Crippen molar-refractivity contribution in [1.29, 1.82) is 0 Å². The monoisotopic (exact) mass is 257 g/mol. The maximum atomic E-state index is 12.7. The molecule has 2 heterocycles. The van der Waals surface area contributed by atoms with Gasteiger partial charge in [0.15, 0.2) is 0 Å². The van der Waals surface area contributed by atoms with Gasteiger partial charge in [0.2, 0.25) is 5.89 Å².